The number of nitrogens with zero attached hydrogens (tertiary/aromatic N) is 2. The van der Waals surface area contributed by atoms with Crippen LogP contribution in [0.4, 0.5) is 0 Å². The zero-order valence-corrected chi connectivity index (χ0v) is 19.2. The van der Waals surface area contributed by atoms with Crippen LogP contribution >= 0.6 is 0 Å². The Morgan fingerprint density at radius 3 is 2.39 bits per heavy atom. The topological polar surface area (TPSA) is 141 Å². The highest BCUT2D eigenvalue weighted by atomic mass is 16.4. The zero-order valence-electron chi connectivity index (χ0n) is 19.2. The Morgan fingerprint density at radius 1 is 1.12 bits per heavy atom. The molecule has 0 saturated carbocycles. The van der Waals surface area contributed by atoms with Crippen molar-refractivity contribution in [2.75, 3.05) is 13.1 Å². The Kier molecular flexibility index (Phi) is 10.3. The van der Waals surface area contributed by atoms with Gasteiger partial charge >= 0.3 is 5.97 Å². The summed E-state index contributed by atoms with van der Waals surface area (Å²) in [7, 11) is 0. The van der Waals surface area contributed by atoms with Gasteiger partial charge in [0.2, 0.25) is 11.8 Å². The quantitative estimate of drug-likeness (QED) is 0.405. The molecule has 33 heavy (non-hydrogen) atoms. The highest BCUT2D eigenvalue weighted by Crippen LogP contribution is 2.24. The number of aromatic hydroxyl groups is 1. The second kappa shape index (κ2) is 12.9. The predicted molar refractivity (Wildman–Crippen MR) is 122 cm³/mol. The van der Waals surface area contributed by atoms with Crippen molar-refractivity contribution in [1.82, 2.24) is 9.80 Å². The SMILES string of the molecule is CCCCCCCC(=O)N1CCC[C@H]1C(=O)N(C(=O)CN)[C@@H](Cc1ccc(O)cc1)C(=O)O. The van der Waals surface area contributed by atoms with Crippen molar-refractivity contribution in [3.63, 3.8) is 0 Å². The standard InChI is InChI=1S/C24H35N3O6/c1-2-3-4-5-6-9-21(29)26-14-7-8-19(26)23(31)27(22(30)16-25)20(24(32)33)15-17-10-12-18(28)13-11-17/h10-13,19-20,28H,2-9,14-16,25H2,1H3,(H,32,33)/t19-,20-/m0/s1. The number of amides is 3. The summed E-state index contributed by atoms with van der Waals surface area (Å²) in [5, 5.41) is 19.3. The summed E-state index contributed by atoms with van der Waals surface area (Å²) >= 11 is 0. The van der Waals surface area contributed by atoms with E-state index in [0.717, 1.165) is 32.1 Å². The number of imide groups is 1. The molecule has 9 heteroatoms. The van der Waals surface area contributed by atoms with Gasteiger partial charge in [0.05, 0.1) is 6.54 Å². The lowest BCUT2D eigenvalue weighted by molar-refractivity contribution is -0.160. The fourth-order valence-corrected chi connectivity index (χ4v) is 4.20. The Labute approximate surface area is 194 Å². The van der Waals surface area contributed by atoms with E-state index >= 15 is 0 Å². The normalized spacial score (nSPS) is 16.4. The summed E-state index contributed by atoms with van der Waals surface area (Å²) in [6.07, 6.45) is 6.14. The Bertz CT molecular complexity index is 826. The fourth-order valence-electron chi connectivity index (χ4n) is 4.20. The predicted octanol–water partition coefficient (Wildman–Crippen LogP) is 2.05. The molecule has 4 N–H and O–H groups in total. The largest absolute Gasteiger partial charge is 0.508 e. The molecule has 0 aliphatic carbocycles. The number of hydrogen-bond acceptors (Lipinski definition) is 6. The molecule has 1 heterocycles. The van der Waals surface area contributed by atoms with Crippen LogP contribution in [-0.4, -0.2) is 68.9 Å². The summed E-state index contributed by atoms with van der Waals surface area (Å²) < 4.78 is 0. The van der Waals surface area contributed by atoms with Crippen molar-refractivity contribution in [2.45, 2.75) is 76.8 Å². The van der Waals surface area contributed by atoms with E-state index in [4.69, 9.17) is 5.73 Å². The van der Waals surface area contributed by atoms with Crippen LogP contribution in [0.15, 0.2) is 24.3 Å². The van der Waals surface area contributed by atoms with E-state index < -0.39 is 36.4 Å². The van der Waals surface area contributed by atoms with Gasteiger partial charge in [-0.25, -0.2) is 4.79 Å². The molecular formula is C24H35N3O6. The molecule has 1 saturated heterocycles. The molecule has 1 aliphatic heterocycles. The van der Waals surface area contributed by atoms with Gasteiger partial charge in [-0.05, 0) is 37.0 Å². The summed E-state index contributed by atoms with van der Waals surface area (Å²) in [5.74, 6) is -2.97. The minimum absolute atomic E-state index is 0.0198. The third kappa shape index (κ3) is 7.28. The molecule has 1 aromatic carbocycles. The number of rotatable bonds is 12. The molecule has 0 unspecified atom stereocenters. The first-order chi connectivity index (χ1) is 15.8. The van der Waals surface area contributed by atoms with Crippen LogP contribution in [0.3, 0.4) is 0 Å². The van der Waals surface area contributed by atoms with Gasteiger partial charge in [0.25, 0.3) is 5.91 Å². The highest BCUT2D eigenvalue weighted by Gasteiger charge is 2.42. The van der Waals surface area contributed by atoms with Crippen LogP contribution in [-0.2, 0) is 25.6 Å². The van der Waals surface area contributed by atoms with Crippen molar-refractivity contribution in [3.05, 3.63) is 29.8 Å². The minimum atomic E-state index is -1.47. The number of hydrogen-bond donors (Lipinski definition) is 3. The van der Waals surface area contributed by atoms with Crippen molar-refractivity contribution < 1.29 is 29.4 Å². The van der Waals surface area contributed by atoms with Crippen LogP contribution in [0.2, 0.25) is 0 Å². The maximum atomic E-state index is 13.4. The zero-order chi connectivity index (χ0) is 24.4. The van der Waals surface area contributed by atoms with E-state index in [1.54, 1.807) is 0 Å². The van der Waals surface area contributed by atoms with Gasteiger partial charge in [-0.1, -0.05) is 44.7 Å². The second-order valence-corrected chi connectivity index (χ2v) is 8.44. The first kappa shape index (κ1) is 26.3. The molecule has 1 aromatic rings. The van der Waals surface area contributed by atoms with Crippen LogP contribution in [0, 0.1) is 0 Å². The molecule has 2 rings (SSSR count). The lowest BCUT2D eigenvalue weighted by Crippen LogP contribution is -2.57. The molecule has 0 spiro atoms. The second-order valence-electron chi connectivity index (χ2n) is 8.44. The number of benzene rings is 1. The monoisotopic (exact) mass is 461 g/mol. The van der Waals surface area contributed by atoms with Gasteiger partial charge in [0.1, 0.15) is 17.8 Å². The Hall–Kier alpha value is -2.94. The fraction of sp³-hybridized carbons (Fsp3) is 0.583. The molecule has 1 fully saturated rings. The van der Waals surface area contributed by atoms with Gasteiger partial charge in [-0.15, -0.1) is 0 Å². The molecule has 0 aromatic heterocycles. The number of phenols is 1. The molecule has 9 nitrogen and oxygen atoms in total. The van der Waals surface area contributed by atoms with E-state index in [2.05, 4.69) is 6.92 Å². The Morgan fingerprint density at radius 2 is 1.79 bits per heavy atom. The number of phenolic OH excluding ortho intramolecular Hbond substituents is 1. The summed E-state index contributed by atoms with van der Waals surface area (Å²) in [6.45, 7) is 2.00. The number of likely N-dealkylation sites (tertiary alicyclic amines) is 1. The maximum Gasteiger partial charge on any atom is 0.327 e. The van der Waals surface area contributed by atoms with Gasteiger partial charge < -0.3 is 20.8 Å². The third-order valence-corrected chi connectivity index (χ3v) is 6.00. The first-order valence-electron chi connectivity index (χ1n) is 11.7. The number of nitrogens with two attached hydrogens (primary N) is 1. The van der Waals surface area contributed by atoms with Crippen LogP contribution in [0.5, 0.6) is 5.75 Å². The molecule has 182 valence electrons. The van der Waals surface area contributed by atoms with Gasteiger partial charge in [-0.2, -0.15) is 0 Å². The molecule has 2 atom stereocenters. The number of unbranched alkanes of at least 4 members (excludes halogenated alkanes) is 4. The maximum absolute atomic E-state index is 13.4. The number of aliphatic carboxylic acids is 1. The molecule has 0 bridgehead atoms. The summed E-state index contributed by atoms with van der Waals surface area (Å²) in [6, 6.07) is 3.54. The van der Waals surface area contributed by atoms with E-state index in [0.29, 0.717) is 36.3 Å². The van der Waals surface area contributed by atoms with Gasteiger partial charge in [0, 0.05) is 19.4 Å². The van der Waals surface area contributed by atoms with E-state index in [1.807, 2.05) is 0 Å². The average Bonchev–Trinajstić information content (AvgIpc) is 3.29. The van der Waals surface area contributed by atoms with E-state index in [1.165, 1.54) is 29.2 Å². The van der Waals surface area contributed by atoms with Crippen molar-refractivity contribution in [2.24, 2.45) is 5.73 Å². The molecular weight excluding hydrogens is 426 g/mol. The number of carboxylic acids is 1. The molecule has 3 amide bonds. The lowest BCUT2D eigenvalue weighted by atomic mass is 10.0. The first-order valence-corrected chi connectivity index (χ1v) is 11.7. The third-order valence-electron chi connectivity index (χ3n) is 6.00. The van der Waals surface area contributed by atoms with E-state index in [-0.39, 0.29) is 18.1 Å². The van der Waals surface area contributed by atoms with E-state index in [9.17, 15) is 29.4 Å². The summed E-state index contributed by atoms with van der Waals surface area (Å²) in [4.78, 5) is 53.1. The van der Waals surface area contributed by atoms with Crippen LogP contribution < -0.4 is 5.73 Å². The minimum Gasteiger partial charge on any atom is -0.508 e. The lowest BCUT2D eigenvalue weighted by Gasteiger charge is -2.32. The number of carboxylic acid groups (broad SMARTS) is 1. The van der Waals surface area contributed by atoms with Crippen LogP contribution in [0.1, 0.15) is 63.9 Å². The smallest absolute Gasteiger partial charge is 0.327 e. The van der Waals surface area contributed by atoms with Crippen LogP contribution in [0.25, 0.3) is 0 Å². The molecule has 0 radical (unpaired) electrons. The van der Waals surface area contributed by atoms with Gasteiger partial charge in [0.15, 0.2) is 0 Å². The van der Waals surface area contributed by atoms with Gasteiger partial charge in [-0.3, -0.25) is 19.3 Å². The number of carbonyl (C=O) groups excluding carboxylic acids is 3. The number of carbonyl (C=O) groups is 4. The Balaban J connectivity index is 2.18. The van der Waals surface area contributed by atoms with Crippen molar-refractivity contribution in [1.29, 1.82) is 0 Å². The average molecular weight is 462 g/mol. The van der Waals surface area contributed by atoms with Crippen molar-refractivity contribution in [3.8, 4) is 5.75 Å². The molecule has 1 aliphatic rings. The highest BCUT2D eigenvalue weighted by molar-refractivity contribution is 6.03. The van der Waals surface area contributed by atoms with Crippen molar-refractivity contribution >= 4 is 23.7 Å². The summed E-state index contributed by atoms with van der Waals surface area (Å²) in [5.41, 5.74) is 6.05.